The minimum absolute atomic E-state index is 0.0423. The maximum atomic E-state index is 12.8. The summed E-state index contributed by atoms with van der Waals surface area (Å²) in [6.07, 6.45) is 2.77. The smallest absolute Gasteiger partial charge is 0.341 e. The monoisotopic (exact) mass is 512 g/mol. The first-order valence-electron chi connectivity index (χ1n) is 11.6. The number of carbonyl (C=O) groups is 2. The Bertz CT molecular complexity index is 1280. The van der Waals surface area contributed by atoms with Crippen LogP contribution in [0.25, 0.3) is 11.1 Å². The molecule has 4 rings (SSSR count). The lowest BCUT2D eigenvalue weighted by Gasteiger charge is -2.25. The van der Waals surface area contributed by atoms with Crippen LogP contribution in [-0.2, 0) is 14.8 Å². The predicted octanol–water partition coefficient (Wildman–Crippen LogP) is 5.06. The number of carbonyl (C=O) groups excluding carboxylic acids is 2. The molecule has 2 aromatic carbocycles. The van der Waals surface area contributed by atoms with Crippen LogP contribution in [-0.4, -0.2) is 50.7 Å². The zero-order valence-corrected chi connectivity index (χ0v) is 21.2. The lowest BCUT2D eigenvalue weighted by Crippen LogP contribution is -2.35. The van der Waals surface area contributed by atoms with E-state index in [0.717, 1.165) is 30.4 Å². The summed E-state index contributed by atoms with van der Waals surface area (Å²) in [5.74, 6) is -0.661. The van der Waals surface area contributed by atoms with Crippen molar-refractivity contribution in [2.75, 3.05) is 31.6 Å². The zero-order valence-electron chi connectivity index (χ0n) is 19.5. The average molecular weight is 513 g/mol. The minimum Gasteiger partial charge on any atom is -0.462 e. The molecule has 2 heterocycles. The number of benzene rings is 2. The molecule has 1 aliphatic heterocycles. The van der Waals surface area contributed by atoms with Gasteiger partial charge in [-0.1, -0.05) is 36.8 Å². The number of hydrogen-bond donors (Lipinski definition) is 1. The van der Waals surface area contributed by atoms with Gasteiger partial charge >= 0.3 is 5.97 Å². The fourth-order valence-corrected chi connectivity index (χ4v) is 6.53. The molecule has 1 saturated heterocycles. The number of hydrogen-bond acceptors (Lipinski definition) is 7. The van der Waals surface area contributed by atoms with E-state index >= 15 is 0 Å². The Morgan fingerprint density at radius 1 is 1.00 bits per heavy atom. The quantitative estimate of drug-likeness (QED) is 0.318. The van der Waals surface area contributed by atoms with Crippen molar-refractivity contribution in [3.05, 3.63) is 71.1 Å². The number of nitrogens with zero attached hydrogens (tertiary/aromatic N) is 1. The van der Waals surface area contributed by atoms with E-state index in [-0.39, 0.29) is 23.8 Å². The number of sulfonamides is 1. The van der Waals surface area contributed by atoms with E-state index < -0.39 is 16.0 Å². The average Bonchev–Trinajstić information content (AvgIpc) is 3.33. The minimum atomic E-state index is -3.55. The largest absolute Gasteiger partial charge is 0.462 e. The SMILES string of the molecule is CCOC(=O)c1c(-c2ccccc2)csc1NCC(=O)c1ccc(S(=O)(=O)N2CCCCC2)cc1. The molecular formula is C26H28N2O5S2. The first-order valence-corrected chi connectivity index (χ1v) is 13.9. The van der Waals surface area contributed by atoms with Crippen LogP contribution < -0.4 is 5.32 Å². The summed E-state index contributed by atoms with van der Waals surface area (Å²) in [7, 11) is -3.55. The Morgan fingerprint density at radius 2 is 1.69 bits per heavy atom. The molecule has 184 valence electrons. The molecule has 1 fully saturated rings. The predicted molar refractivity (Wildman–Crippen MR) is 138 cm³/mol. The second kappa shape index (κ2) is 11.2. The van der Waals surface area contributed by atoms with Crippen molar-refractivity contribution in [3.63, 3.8) is 0 Å². The van der Waals surface area contributed by atoms with E-state index in [1.807, 2.05) is 35.7 Å². The second-order valence-electron chi connectivity index (χ2n) is 8.21. The van der Waals surface area contributed by atoms with Crippen LogP contribution in [0.5, 0.6) is 0 Å². The normalized spacial score (nSPS) is 14.4. The lowest BCUT2D eigenvalue weighted by atomic mass is 10.0. The van der Waals surface area contributed by atoms with E-state index in [4.69, 9.17) is 4.74 Å². The highest BCUT2D eigenvalue weighted by molar-refractivity contribution is 7.89. The molecule has 0 radical (unpaired) electrons. The van der Waals surface area contributed by atoms with Gasteiger partial charge in [-0.15, -0.1) is 11.3 Å². The van der Waals surface area contributed by atoms with Crippen molar-refractivity contribution in [3.8, 4) is 11.1 Å². The molecule has 1 N–H and O–H groups in total. The van der Waals surface area contributed by atoms with E-state index in [0.29, 0.717) is 29.2 Å². The number of nitrogens with one attached hydrogen (secondary N) is 1. The van der Waals surface area contributed by atoms with E-state index in [1.54, 1.807) is 6.92 Å². The molecule has 0 amide bonds. The summed E-state index contributed by atoms with van der Waals surface area (Å²) in [4.78, 5) is 25.7. The van der Waals surface area contributed by atoms with Crippen molar-refractivity contribution in [1.29, 1.82) is 0 Å². The zero-order chi connectivity index (χ0) is 24.8. The molecule has 3 aromatic rings. The van der Waals surface area contributed by atoms with Crippen molar-refractivity contribution in [1.82, 2.24) is 4.31 Å². The van der Waals surface area contributed by atoms with Gasteiger partial charge in [-0.3, -0.25) is 4.79 Å². The van der Waals surface area contributed by atoms with Gasteiger partial charge in [0, 0.05) is 29.6 Å². The van der Waals surface area contributed by atoms with Gasteiger partial charge in [0.25, 0.3) is 0 Å². The van der Waals surface area contributed by atoms with E-state index in [1.165, 1.54) is 39.9 Å². The number of anilines is 1. The van der Waals surface area contributed by atoms with Crippen LogP contribution in [0.15, 0.2) is 64.9 Å². The summed E-state index contributed by atoms with van der Waals surface area (Å²) in [5, 5.41) is 5.50. The van der Waals surface area contributed by atoms with E-state index in [2.05, 4.69) is 5.32 Å². The molecule has 9 heteroatoms. The number of esters is 1. The molecule has 0 atom stereocenters. The maximum absolute atomic E-state index is 12.8. The molecule has 0 unspecified atom stereocenters. The van der Waals surface area contributed by atoms with Gasteiger partial charge in [0.05, 0.1) is 18.0 Å². The molecule has 1 aliphatic rings. The van der Waals surface area contributed by atoms with Crippen molar-refractivity contribution < 1.29 is 22.7 Å². The standard InChI is InChI=1S/C26H28N2O5S2/c1-2-33-26(30)24-22(19-9-5-3-6-10-19)18-34-25(24)27-17-23(29)20-11-13-21(14-12-20)35(31,32)28-15-7-4-8-16-28/h3,5-6,9-14,18,27H,2,4,7-8,15-17H2,1H3. The lowest BCUT2D eigenvalue weighted by molar-refractivity contribution is 0.0528. The fraction of sp³-hybridized carbons (Fsp3) is 0.308. The van der Waals surface area contributed by atoms with Gasteiger partial charge in [0.2, 0.25) is 10.0 Å². The molecule has 0 spiro atoms. The Hall–Kier alpha value is -3.01. The maximum Gasteiger partial charge on any atom is 0.341 e. The second-order valence-corrected chi connectivity index (χ2v) is 11.0. The van der Waals surface area contributed by atoms with Crippen molar-refractivity contribution in [2.45, 2.75) is 31.1 Å². The number of Topliss-reactive ketones (excluding diaryl/α,β-unsaturated/α-hetero) is 1. The number of ether oxygens (including phenoxy) is 1. The molecule has 0 bridgehead atoms. The van der Waals surface area contributed by atoms with Gasteiger partial charge in [0.15, 0.2) is 5.78 Å². The van der Waals surface area contributed by atoms with E-state index in [9.17, 15) is 18.0 Å². The Balaban J connectivity index is 1.48. The Labute approximate surface area is 209 Å². The highest BCUT2D eigenvalue weighted by Crippen LogP contribution is 2.36. The van der Waals surface area contributed by atoms with Crippen LogP contribution >= 0.6 is 11.3 Å². The summed E-state index contributed by atoms with van der Waals surface area (Å²) < 4.78 is 32.4. The van der Waals surface area contributed by atoms with Crippen molar-refractivity contribution >= 4 is 38.1 Å². The van der Waals surface area contributed by atoms with Gasteiger partial charge in [-0.2, -0.15) is 4.31 Å². The molecule has 0 aliphatic carbocycles. The highest BCUT2D eigenvalue weighted by Gasteiger charge is 2.26. The summed E-state index contributed by atoms with van der Waals surface area (Å²) in [6, 6.07) is 15.6. The molecule has 0 saturated carbocycles. The summed E-state index contributed by atoms with van der Waals surface area (Å²) in [5.41, 5.74) is 2.43. The molecule has 7 nitrogen and oxygen atoms in total. The van der Waals surface area contributed by atoms with Crippen LogP contribution in [0.3, 0.4) is 0 Å². The van der Waals surface area contributed by atoms with Gasteiger partial charge in [0.1, 0.15) is 10.6 Å². The third-order valence-electron chi connectivity index (χ3n) is 5.89. The summed E-state index contributed by atoms with van der Waals surface area (Å²) >= 11 is 1.33. The van der Waals surface area contributed by atoms with Crippen LogP contribution in [0.1, 0.15) is 46.9 Å². The first kappa shape index (κ1) is 25.1. The van der Waals surface area contributed by atoms with Crippen molar-refractivity contribution in [2.24, 2.45) is 0 Å². The molecule has 35 heavy (non-hydrogen) atoms. The Morgan fingerprint density at radius 3 is 2.34 bits per heavy atom. The topological polar surface area (TPSA) is 92.8 Å². The number of rotatable bonds is 9. The molecule has 1 aromatic heterocycles. The van der Waals surface area contributed by atoms with Crippen LogP contribution in [0.4, 0.5) is 5.00 Å². The Kier molecular flexibility index (Phi) is 8.00. The number of ketones is 1. The van der Waals surface area contributed by atoms with Crippen LogP contribution in [0, 0.1) is 0 Å². The van der Waals surface area contributed by atoms with Crippen LogP contribution in [0.2, 0.25) is 0 Å². The van der Waals surface area contributed by atoms with Gasteiger partial charge in [-0.05, 0) is 49.6 Å². The fourth-order valence-electron chi connectivity index (χ4n) is 4.05. The first-order chi connectivity index (χ1) is 16.9. The highest BCUT2D eigenvalue weighted by atomic mass is 32.2. The third kappa shape index (κ3) is 5.63. The summed E-state index contributed by atoms with van der Waals surface area (Å²) in [6.45, 7) is 3.01. The van der Waals surface area contributed by atoms with Gasteiger partial charge < -0.3 is 10.1 Å². The third-order valence-corrected chi connectivity index (χ3v) is 8.74. The van der Waals surface area contributed by atoms with Gasteiger partial charge in [-0.25, -0.2) is 13.2 Å². The number of piperidine rings is 1. The number of thiophene rings is 1. The molecular weight excluding hydrogens is 484 g/mol.